The van der Waals surface area contributed by atoms with Crippen molar-refractivity contribution in [3.05, 3.63) is 70.1 Å². The molecule has 2 aliphatic rings. The maximum Gasteiger partial charge on any atom is 0.419 e. The molecule has 2 amide bonds. The van der Waals surface area contributed by atoms with Crippen LogP contribution in [0.1, 0.15) is 48.2 Å². The van der Waals surface area contributed by atoms with Crippen LogP contribution in [0.15, 0.2) is 47.5 Å². The average molecular weight is 505 g/mol. The van der Waals surface area contributed by atoms with Crippen LogP contribution in [0.3, 0.4) is 0 Å². The number of carbonyl (C=O) groups excluding carboxylic acids is 2. The number of rotatable bonds is 5. The molecule has 0 saturated heterocycles. The van der Waals surface area contributed by atoms with Crippen LogP contribution in [0.2, 0.25) is 0 Å². The van der Waals surface area contributed by atoms with Gasteiger partial charge in [0.15, 0.2) is 0 Å². The Morgan fingerprint density at radius 1 is 1.03 bits per heavy atom. The van der Waals surface area contributed by atoms with Gasteiger partial charge in [-0.2, -0.15) is 13.2 Å². The molecule has 2 aliphatic carbocycles. The molecular weight excluding hydrogens is 476 g/mol. The average Bonchev–Trinajstić information content (AvgIpc) is 3.36. The first-order chi connectivity index (χ1) is 16.9. The molecular formula is C27H28F4N2O3. The fourth-order valence-corrected chi connectivity index (χ4v) is 5.74. The second-order valence-electron chi connectivity index (χ2n) is 9.66. The Bertz CT molecular complexity index is 1230. The molecule has 2 saturated carbocycles. The smallest absolute Gasteiger partial charge is 0.419 e. The lowest BCUT2D eigenvalue weighted by molar-refractivity contribution is -0.140. The summed E-state index contributed by atoms with van der Waals surface area (Å²) in [6.45, 7) is 5.77. The van der Waals surface area contributed by atoms with E-state index in [-0.39, 0.29) is 23.4 Å². The topological polar surface area (TPSA) is 67.4 Å². The zero-order valence-corrected chi connectivity index (χ0v) is 20.4. The van der Waals surface area contributed by atoms with Crippen molar-refractivity contribution in [2.45, 2.75) is 45.8 Å². The third-order valence-corrected chi connectivity index (χ3v) is 7.16. The number of fused-ring (bicyclic) bond motifs is 2. The van der Waals surface area contributed by atoms with Gasteiger partial charge in [0.05, 0.1) is 24.2 Å². The molecule has 0 spiro atoms. The molecule has 4 atom stereocenters. The Hall–Kier alpha value is -3.36. The van der Waals surface area contributed by atoms with Crippen LogP contribution in [0.4, 0.5) is 23.2 Å². The third kappa shape index (κ3) is 4.70. The van der Waals surface area contributed by atoms with Gasteiger partial charge in [-0.15, -0.1) is 0 Å². The maximum atomic E-state index is 13.7. The molecule has 0 radical (unpaired) electrons. The first kappa shape index (κ1) is 25.7. The highest BCUT2D eigenvalue weighted by Gasteiger charge is 2.55. The van der Waals surface area contributed by atoms with Crippen LogP contribution in [0, 0.1) is 30.5 Å². The summed E-state index contributed by atoms with van der Waals surface area (Å²) in [5, 5.41) is 5.56. The van der Waals surface area contributed by atoms with E-state index in [9.17, 15) is 27.2 Å². The first-order valence-electron chi connectivity index (χ1n) is 11.7. The van der Waals surface area contributed by atoms with Gasteiger partial charge in [0.1, 0.15) is 11.6 Å². The minimum atomic E-state index is -4.89. The molecule has 9 heteroatoms. The van der Waals surface area contributed by atoms with Crippen LogP contribution in [0.5, 0.6) is 5.75 Å². The number of amides is 2. The highest BCUT2D eigenvalue weighted by Crippen LogP contribution is 2.54. The largest absolute Gasteiger partial charge is 0.496 e. The Morgan fingerprint density at radius 2 is 1.72 bits per heavy atom. The van der Waals surface area contributed by atoms with Gasteiger partial charge in [-0.1, -0.05) is 22.8 Å². The molecule has 192 valence electrons. The number of anilines is 1. The number of nitrogens with one attached hydrogen (secondary N) is 2. The molecule has 5 nitrogen and oxygen atoms in total. The summed E-state index contributed by atoms with van der Waals surface area (Å²) in [5.41, 5.74) is 1.77. The van der Waals surface area contributed by atoms with E-state index in [4.69, 9.17) is 4.74 Å². The minimum absolute atomic E-state index is 0.0607. The summed E-state index contributed by atoms with van der Waals surface area (Å²) in [4.78, 5) is 26.7. The summed E-state index contributed by atoms with van der Waals surface area (Å²) in [6.07, 6.45) is -3.36. The Morgan fingerprint density at radius 3 is 2.36 bits per heavy atom. The fraction of sp³-hybridized carbons (Fsp3) is 0.407. The number of carbonyl (C=O) groups is 2. The number of alkyl halides is 3. The normalized spacial score (nSPS) is 22.9. The second-order valence-corrected chi connectivity index (χ2v) is 9.66. The summed E-state index contributed by atoms with van der Waals surface area (Å²) in [5.74, 6) is -2.81. The van der Waals surface area contributed by atoms with Crippen molar-refractivity contribution in [1.29, 1.82) is 0 Å². The lowest BCUT2D eigenvalue weighted by atomic mass is 9.83. The van der Waals surface area contributed by atoms with Gasteiger partial charge in [-0.05, 0) is 69.9 Å². The molecule has 0 aromatic heterocycles. The monoisotopic (exact) mass is 504 g/mol. The summed E-state index contributed by atoms with van der Waals surface area (Å²) in [6, 6.07) is 7.05. The van der Waals surface area contributed by atoms with Crippen LogP contribution in [-0.4, -0.2) is 25.0 Å². The molecule has 0 heterocycles. The number of halogens is 4. The van der Waals surface area contributed by atoms with Gasteiger partial charge in [0.25, 0.3) is 5.91 Å². The molecule has 0 aliphatic heterocycles. The van der Waals surface area contributed by atoms with Gasteiger partial charge in [0.2, 0.25) is 5.91 Å². The zero-order valence-electron chi connectivity index (χ0n) is 20.4. The van der Waals surface area contributed by atoms with Gasteiger partial charge in [0, 0.05) is 17.6 Å². The molecule has 2 N–H and O–H groups in total. The van der Waals surface area contributed by atoms with E-state index >= 15 is 0 Å². The first-order valence-corrected chi connectivity index (χ1v) is 11.7. The summed E-state index contributed by atoms with van der Waals surface area (Å²) in [7, 11) is 1.47. The van der Waals surface area contributed by atoms with Gasteiger partial charge < -0.3 is 15.4 Å². The third-order valence-electron chi connectivity index (χ3n) is 7.16. The number of hydrogen-bond donors (Lipinski definition) is 2. The molecule has 4 rings (SSSR count). The van der Waals surface area contributed by atoms with E-state index in [2.05, 4.69) is 10.6 Å². The zero-order chi connectivity index (χ0) is 26.4. The molecule has 36 heavy (non-hydrogen) atoms. The van der Waals surface area contributed by atoms with Crippen molar-refractivity contribution < 1.29 is 31.9 Å². The fourth-order valence-electron chi connectivity index (χ4n) is 5.74. The van der Waals surface area contributed by atoms with Gasteiger partial charge in [-0.3, -0.25) is 9.59 Å². The number of hydrogen-bond acceptors (Lipinski definition) is 3. The van der Waals surface area contributed by atoms with E-state index < -0.39 is 35.4 Å². The number of ether oxygens (including phenoxy) is 1. The lowest BCUT2D eigenvalue weighted by Crippen LogP contribution is -2.48. The minimum Gasteiger partial charge on any atom is -0.496 e. The highest BCUT2D eigenvalue weighted by molar-refractivity contribution is 5.99. The van der Waals surface area contributed by atoms with E-state index in [1.165, 1.54) is 7.11 Å². The second kappa shape index (κ2) is 9.59. The van der Waals surface area contributed by atoms with Gasteiger partial charge >= 0.3 is 6.18 Å². The van der Waals surface area contributed by atoms with Crippen molar-refractivity contribution >= 4 is 17.5 Å². The standard InChI is InChI=1S/C27H28F4N2O3/c1-13(2)22-16-7-8-17(22)24(33-25(34)18-11-14(3)5-10-21(18)36-4)23(16)26(35)32-15-6-9-20(28)19(12-15)27(29,30)31/h5-6,9-12,16-17,23-24H,7-8H2,1-4H3,(H,32,35)(H,33,34)/t16?,17?,23-,24+/m0/s1. The number of aryl methyl sites for hydroxylation is 1. The molecule has 2 aromatic rings. The van der Waals surface area contributed by atoms with Crippen LogP contribution in [-0.2, 0) is 11.0 Å². The molecule has 2 unspecified atom stereocenters. The van der Waals surface area contributed by atoms with Crippen LogP contribution >= 0.6 is 0 Å². The van der Waals surface area contributed by atoms with Crippen molar-refractivity contribution in [3.63, 3.8) is 0 Å². The van der Waals surface area contributed by atoms with Gasteiger partial charge in [-0.25, -0.2) is 4.39 Å². The van der Waals surface area contributed by atoms with Crippen molar-refractivity contribution in [2.75, 3.05) is 12.4 Å². The Kier molecular flexibility index (Phi) is 6.86. The lowest BCUT2D eigenvalue weighted by Gasteiger charge is -2.30. The van der Waals surface area contributed by atoms with E-state index in [0.717, 1.165) is 35.6 Å². The SMILES string of the molecule is COc1ccc(C)cc1C(=O)N[C@@H]1C2CCC(C2=C(C)C)[C@@H]1C(=O)Nc1ccc(F)c(C(F)(F)F)c1. The molecule has 2 bridgehead atoms. The van der Waals surface area contributed by atoms with E-state index in [1.54, 1.807) is 12.1 Å². The summed E-state index contributed by atoms with van der Waals surface area (Å²) < 4.78 is 58.6. The maximum absolute atomic E-state index is 13.7. The van der Waals surface area contributed by atoms with E-state index in [1.807, 2.05) is 26.8 Å². The number of allylic oxidation sites excluding steroid dienone is 1. The van der Waals surface area contributed by atoms with Crippen molar-refractivity contribution in [2.24, 2.45) is 17.8 Å². The Balaban J connectivity index is 1.65. The predicted octanol–water partition coefficient (Wildman–Crippen LogP) is 5.89. The quantitative estimate of drug-likeness (QED) is 0.394. The van der Waals surface area contributed by atoms with Crippen molar-refractivity contribution in [1.82, 2.24) is 5.32 Å². The predicted molar refractivity (Wildman–Crippen MR) is 127 cm³/mol. The van der Waals surface area contributed by atoms with Crippen LogP contribution in [0.25, 0.3) is 0 Å². The molecule has 2 aromatic carbocycles. The van der Waals surface area contributed by atoms with Crippen LogP contribution < -0.4 is 15.4 Å². The van der Waals surface area contributed by atoms with E-state index in [0.29, 0.717) is 23.4 Å². The number of benzene rings is 2. The van der Waals surface area contributed by atoms with Crippen molar-refractivity contribution in [3.8, 4) is 5.75 Å². The summed E-state index contributed by atoms with van der Waals surface area (Å²) >= 11 is 0. The molecule has 2 fully saturated rings. The Labute approximate surface area is 206 Å². The number of methoxy groups -OCH3 is 1. The highest BCUT2D eigenvalue weighted by atomic mass is 19.4.